The molecule has 2 fully saturated rings. The zero-order valence-corrected chi connectivity index (χ0v) is 30.0. The maximum atomic E-state index is 14.6. The normalized spacial score (nSPS) is 18.1. The van der Waals surface area contributed by atoms with E-state index in [-0.39, 0.29) is 34.5 Å². The lowest BCUT2D eigenvalue weighted by Crippen LogP contribution is -2.47. The van der Waals surface area contributed by atoms with Gasteiger partial charge in [-0.25, -0.2) is 28.1 Å². The number of benzene rings is 2. The molecule has 1 aliphatic heterocycles. The van der Waals surface area contributed by atoms with Crippen molar-refractivity contribution >= 4 is 22.6 Å². The molecule has 0 spiro atoms. The first-order valence-corrected chi connectivity index (χ1v) is 18.5. The van der Waals surface area contributed by atoms with Crippen LogP contribution in [-0.2, 0) is 17.8 Å². The van der Waals surface area contributed by atoms with E-state index in [1.54, 1.807) is 35.6 Å². The standard InChI is InChI=1S/C41H41F2N7O4/c1-26(51)47-17-15-46(16-18-47)23-29-20-35(52)12-13-36(29)28-3-2-4-34(19-28)49-39-37(21-31(43)22-44-39)40(53)50(41(49)54)33-10-6-27(7-11-33)5-9-32-25-48-24-30(42)8-14-38(48)45-32/h2-4,8,12-14,19-22,24-25,27,33,52H,5-7,9-11,15-18,23H2,1H3. The lowest BCUT2D eigenvalue weighted by atomic mass is 9.83. The van der Waals surface area contributed by atoms with Crippen molar-refractivity contribution < 1.29 is 18.7 Å². The van der Waals surface area contributed by atoms with E-state index in [9.17, 15) is 28.3 Å². The van der Waals surface area contributed by atoms with E-state index in [4.69, 9.17) is 0 Å². The Morgan fingerprint density at radius 2 is 1.70 bits per heavy atom. The monoisotopic (exact) mass is 733 g/mol. The number of rotatable bonds is 8. The molecule has 0 bridgehead atoms. The van der Waals surface area contributed by atoms with Gasteiger partial charge in [0.15, 0.2) is 5.65 Å². The third kappa shape index (κ3) is 7.03. The number of fused-ring (bicyclic) bond motifs is 2. The number of piperazine rings is 1. The molecule has 1 amide bonds. The van der Waals surface area contributed by atoms with Crippen molar-refractivity contribution in [3.05, 3.63) is 123 Å². The van der Waals surface area contributed by atoms with Crippen LogP contribution >= 0.6 is 0 Å². The average molecular weight is 734 g/mol. The molecule has 1 saturated carbocycles. The number of hydrogen-bond donors (Lipinski definition) is 1. The third-order valence-corrected chi connectivity index (χ3v) is 11.1. The summed E-state index contributed by atoms with van der Waals surface area (Å²) in [5.41, 5.74) is 3.60. The fourth-order valence-electron chi connectivity index (χ4n) is 8.19. The van der Waals surface area contributed by atoms with Gasteiger partial charge >= 0.3 is 5.69 Å². The minimum atomic E-state index is -0.665. The van der Waals surface area contributed by atoms with Crippen LogP contribution in [0.2, 0.25) is 0 Å². The zero-order chi connectivity index (χ0) is 37.5. The topological polar surface area (TPSA) is 118 Å². The Labute approximate surface area is 309 Å². The van der Waals surface area contributed by atoms with E-state index in [0.29, 0.717) is 62.8 Å². The Morgan fingerprint density at radius 1 is 0.907 bits per heavy atom. The summed E-state index contributed by atoms with van der Waals surface area (Å²) in [5, 5.41) is 10.5. The number of amides is 1. The molecule has 8 rings (SSSR count). The summed E-state index contributed by atoms with van der Waals surface area (Å²) in [7, 11) is 0. The molecule has 5 heterocycles. The number of nitrogens with zero attached hydrogens (tertiary/aromatic N) is 7. The first-order valence-electron chi connectivity index (χ1n) is 18.5. The molecule has 4 aromatic heterocycles. The second-order valence-electron chi connectivity index (χ2n) is 14.6. The highest BCUT2D eigenvalue weighted by Gasteiger charge is 2.28. The van der Waals surface area contributed by atoms with Crippen molar-refractivity contribution in [3.63, 3.8) is 0 Å². The van der Waals surface area contributed by atoms with E-state index in [1.807, 2.05) is 35.4 Å². The summed E-state index contributed by atoms with van der Waals surface area (Å²) < 4.78 is 32.7. The highest BCUT2D eigenvalue weighted by molar-refractivity contribution is 5.77. The lowest BCUT2D eigenvalue weighted by Gasteiger charge is -2.34. The van der Waals surface area contributed by atoms with Crippen LogP contribution in [0.25, 0.3) is 33.5 Å². The van der Waals surface area contributed by atoms with E-state index in [2.05, 4.69) is 14.9 Å². The Hall–Kier alpha value is -5.69. The number of phenols is 1. The average Bonchev–Trinajstić information content (AvgIpc) is 3.57. The predicted molar refractivity (Wildman–Crippen MR) is 201 cm³/mol. The Morgan fingerprint density at radius 3 is 2.48 bits per heavy atom. The summed E-state index contributed by atoms with van der Waals surface area (Å²) in [6, 6.07) is 16.4. The van der Waals surface area contributed by atoms with Gasteiger partial charge in [-0.1, -0.05) is 18.2 Å². The maximum Gasteiger partial charge on any atom is 0.337 e. The van der Waals surface area contributed by atoms with Crippen molar-refractivity contribution in [2.45, 2.75) is 58.0 Å². The van der Waals surface area contributed by atoms with Crippen LogP contribution in [0.4, 0.5) is 8.78 Å². The Balaban J connectivity index is 1.07. The van der Waals surface area contributed by atoms with Crippen LogP contribution in [0.1, 0.15) is 56.3 Å². The smallest absolute Gasteiger partial charge is 0.337 e. The van der Waals surface area contributed by atoms with Crippen molar-refractivity contribution in [1.82, 2.24) is 33.3 Å². The Kier molecular flexibility index (Phi) is 9.57. The molecule has 11 nitrogen and oxygen atoms in total. The predicted octanol–water partition coefficient (Wildman–Crippen LogP) is 5.87. The van der Waals surface area contributed by atoms with E-state index in [0.717, 1.165) is 60.3 Å². The number of carbonyl (C=O) groups excluding carboxylic acids is 1. The second kappa shape index (κ2) is 14.6. The molecule has 6 aromatic rings. The number of aromatic nitrogens is 5. The molecular formula is C41H41F2N7O4. The van der Waals surface area contributed by atoms with Gasteiger partial charge in [-0.05, 0) is 104 Å². The van der Waals surface area contributed by atoms with Gasteiger partial charge in [0.25, 0.3) is 5.56 Å². The summed E-state index contributed by atoms with van der Waals surface area (Å²) in [6.07, 6.45) is 8.74. The van der Waals surface area contributed by atoms with Gasteiger partial charge in [0.05, 0.1) is 23.0 Å². The minimum absolute atomic E-state index is 0.0282. The molecule has 0 unspecified atom stereocenters. The molecular weight excluding hydrogens is 692 g/mol. The van der Waals surface area contributed by atoms with Gasteiger partial charge in [0.2, 0.25) is 5.91 Å². The molecule has 54 heavy (non-hydrogen) atoms. The molecule has 278 valence electrons. The minimum Gasteiger partial charge on any atom is -0.508 e. The summed E-state index contributed by atoms with van der Waals surface area (Å²) in [4.78, 5) is 53.2. The number of carbonyl (C=O) groups is 1. The number of imidazole rings is 1. The van der Waals surface area contributed by atoms with Crippen molar-refractivity contribution in [3.8, 4) is 22.6 Å². The van der Waals surface area contributed by atoms with Gasteiger partial charge in [-0.15, -0.1) is 0 Å². The molecule has 0 radical (unpaired) electrons. The first kappa shape index (κ1) is 35.3. The molecule has 2 aromatic carbocycles. The van der Waals surface area contributed by atoms with E-state index >= 15 is 0 Å². The van der Waals surface area contributed by atoms with Gasteiger partial charge < -0.3 is 14.4 Å². The van der Waals surface area contributed by atoms with Crippen LogP contribution in [-0.4, -0.2) is 70.5 Å². The largest absolute Gasteiger partial charge is 0.508 e. The van der Waals surface area contributed by atoms with Gasteiger partial charge in [0.1, 0.15) is 23.0 Å². The van der Waals surface area contributed by atoms with Crippen molar-refractivity contribution in [2.24, 2.45) is 5.92 Å². The van der Waals surface area contributed by atoms with Crippen molar-refractivity contribution in [2.75, 3.05) is 26.2 Å². The number of aromatic hydroxyl groups is 1. The van der Waals surface area contributed by atoms with Crippen LogP contribution in [0, 0.1) is 17.6 Å². The lowest BCUT2D eigenvalue weighted by molar-refractivity contribution is -0.130. The second-order valence-corrected chi connectivity index (χ2v) is 14.6. The Bertz CT molecular complexity index is 2490. The number of phenolic OH excluding ortho intramolecular Hbond substituents is 1. The number of pyridine rings is 2. The van der Waals surface area contributed by atoms with Crippen LogP contribution in [0.3, 0.4) is 0 Å². The fraction of sp³-hybridized carbons (Fsp3) is 0.341. The fourth-order valence-corrected chi connectivity index (χ4v) is 8.19. The molecule has 1 aliphatic carbocycles. The quantitative estimate of drug-likeness (QED) is 0.208. The molecule has 0 atom stereocenters. The van der Waals surface area contributed by atoms with Crippen LogP contribution < -0.4 is 11.2 Å². The zero-order valence-electron chi connectivity index (χ0n) is 30.0. The van der Waals surface area contributed by atoms with E-state index < -0.39 is 17.1 Å². The number of halogens is 2. The van der Waals surface area contributed by atoms with Gasteiger partial charge in [0, 0.05) is 58.1 Å². The first-order chi connectivity index (χ1) is 26.1. The maximum absolute atomic E-state index is 14.6. The number of hydrogen-bond acceptors (Lipinski definition) is 7. The highest BCUT2D eigenvalue weighted by Crippen LogP contribution is 2.34. The summed E-state index contributed by atoms with van der Waals surface area (Å²) >= 11 is 0. The third-order valence-electron chi connectivity index (χ3n) is 11.1. The van der Waals surface area contributed by atoms with Crippen molar-refractivity contribution in [1.29, 1.82) is 0 Å². The van der Waals surface area contributed by atoms with Crippen LogP contribution in [0.5, 0.6) is 5.75 Å². The highest BCUT2D eigenvalue weighted by atomic mass is 19.1. The van der Waals surface area contributed by atoms with Gasteiger partial charge in [-0.2, -0.15) is 0 Å². The number of aryl methyl sites for hydroxylation is 1. The summed E-state index contributed by atoms with van der Waals surface area (Å²) in [6.45, 7) is 4.79. The van der Waals surface area contributed by atoms with E-state index in [1.165, 1.54) is 21.4 Å². The summed E-state index contributed by atoms with van der Waals surface area (Å²) in [5.74, 6) is -0.427. The molecule has 13 heteroatoms. The van der Waals surface area contributed by atoms with Gasteiger partial charge in [-0.3, -0.25) is 19.1 Å². The SMILES string of the molecule is CC(=O)N1CCN(Cc2cc(O)ccc2-c2cccc(-n3c(=O)n(C4CCC(CCc5cn6cc(F)ccc6n5)CC4)c(=O)c4cc(F)cnc43)c2)CC1. The van der Waals surface area contributed by atoms with Crippen LogP contribution in [0.15, 0.2) is 88.8 Å². The molecule has 1 N–H and O–H groups in total. The molecule has 1 saturated heterocycles. The molecule has 2 aliphatic rings.